The molecule has 154 valence electrons. The first-order chi connectivity index (χ1) is 14.0. The van der Waals surface area contributed by atoms with Gasteiger partial charge < -0.3 is 14.0 Å². The predicted molar refractivity (Wildman–Crippen MR) is 121 cm³/mol. The van der Waals surface area contributed by atoms with Crippen LogP contribution in [0, 0.1) is 6.92 Å². The molecule has 0 aliphatic heterocycles. The largest absolute Gasteiger partial charge is 0.493 e. The molecule has 0 N–H and O–H groups in total. The Balaban J connectivity index is 1.54. The normalized spacial score (nSPS) is 11.0. The van der Waals surface area contributed by atoms with E-state index in [1.165, 1.54) is 16.6 Å². The molecule has 2 aromatic carbocycles. The number of ether oxygens (including phenoxy) is 2. The Morgan fingerprint density at radius 2 is 1.93 bits per heavy atom. The number of fused-ring (bicyclic) bond motifs is 1. The molecule has 0 aliphatic rings. The third-order valence-corrected chi connectivity index (χ3v) is 5.71. The number of nitrogens with zero attached hydrogens (tertiary/aromatic N) is 1. The first-order valence-electron chi connectivity index (χ1n) is 10.1. The molecule has 4 nitrogen and oxygen atoms in total. The Hall–Kier alpha value is -2.27. The van der Waals surface area contributed by atoms with Crippen LogP contribution < -0.4 is 9.47 Å². The van der Waals surface area contributed by atoms with Gasteiger partial charge in [-0.3, -0.25) is 4.79 Å². The van der Waals surface area contributed by atoms with Crippen molar-refractivity contribution in [1.29, 1.82) is 0 Å². The maximum Gasteiger partial charge on any atom is 0.175 e. The van der Waals surface area contributed by atoms with Crippen molar-refractivity contribution < 1.29 is 14.3 Å². The van der Waals surface area contributed by atoms with Gasteiger partial charge in [0.05, 0.1) is 18.2 Å². The third-order valence-electron chi connectivity index (χ3n) is 5.13. The second-order valence-electron chi connectivity index (χ2n) is 7.18. The van der Waals surface area contributed by atoms with E-state index in [9.17, 15) is 4.79 Å². The number of rotatable bonds is 10. The van der Waals surface area contributed by atoms with Crippen LogP contribution in [0.1, 0.15) is 37.4 Å². The number of carbonyl (C=O) groups excluding carboxylic acids is 1. The van der Waals surface area contributed by atoms with Crippen LogP contribution in [0.2, 0.25) is 0 Å². The molecule has 0 spiro atoms. The summed E-state index contributed by atoms with van der Waals surface area (Å²) in [7, 11) is 1.63. The maximum absolute atomic E-state index is 12.4. The number of aromatic nitrogens is 1. The monoisotopic (exact) mass is 457 g/mol. The van der Waals surface area contributed by atoms with E-state index >= 15 is 0 Å². The van der Waals surface area contributed by atoms with Gasteiger partial charge in [0.15, 0.2) is 11.5 Å². The summed E-state index contributed by atoms with van der Waals surface area (Å²) in [5.41, 5.74) is 3.55. The van der Waals surface area contributed by atoms with Crippen molar-refractivity contribution >= 4 is 32.6 Å². The zero-order chi connectivity index (χ0) is 20.8. The van der Waals surface area contributed by atoms with E-state index in [0.717, 1.165) is 23.0 Å². The molecule has 3 rings (SSSR count). The van der Waals surface area contributed by atoms with Crippen molar-refractivity contribution in [2.45, 2.75) is 46.1 Å². The van der Waals surface area contributed by atoms with Gasteiger partial charge in [0, 0.05) is 30.6 Å². The van der Waals surface area contributed by atoms with Gasteiger partial charge >= 0.3 is 0 Å². The number of Topliss-reactive ketones (excluding diaryl/α,β-unsaturated/α-hetero) is 1. The third kappa shape index (κ3) is 5.21. The molecule has 0 aliphatic carbocycles. The van der Waals surface area contributed by atoms with Gasteiger partial charge in [-0.05, 0) is 77.8 Å². The molecule has 0 unspecified atom stereocenters. The number of para-hydroxylation sites is 1. The zero-order valence-corrected chi connectivity index (χ0v) is 18.9. The highest BCUT2D eigenvalue weighted by Gasteiger charge is 2.12. The number of halogens is 1. The number of ketones is 1. The van der Waals surface area contributed by atoms with Gasteiger partial charge in [0.25, 0.3) is 0 Å². The predicted octanol–water partition coefficient (Wildman–Crippen LogP) is 6.10. The van der Waals surface area contributed by atoms with Crippen LogP contribution in [0.25, 0.3) is 10.9 Å². The van der Waals surface area contributed by atoms with Crippen LogP contribution in [0.5, 0.6) is 11.5 Å². The summed E-state index contributed by atoms with van der Waals surface area (Å²) in [5.74, 6) is 1.70. The van der Waals surface area contributed by atoms with E-state index in [-0.39, 0.29) is 0 Å². The topological polar surface area (TPSA) is 40.5 Å². The lowest BCUT2D eigenvalue weighted by Gasteiger charge is -2.13. The molecule has 0 saturated carbocycles. The fraction of sp³-hybridized carbons (Fsp3) is 0.375. The summed E-state index contributed by atoms with van der Waals surface area (Å²) in [6.07, 6.45) is 2.69. The maximum atomic E-state index is 12.4. The molecule has 0 fully saturated rings. The second kappa shape index (κ2) is 9.97. The number of carbonyl (C=O) groups is 1. The van der Waals surface area contributed by atoms with E-state index < -0.39 is 0 Å². The SMILES string of the molecule is CCOc1c(Br)cc(CCC(=O)CCCn2c(C)cc3ccccc32)cc1OC. The summed E-state index contributed by atoms with van der Waals surface area (Å²) in [6, 6.07) is 14.6. The van der Waals surface area contributed by atoms with E-state index in [0.29, 0.717) is 43.2 Å². The minimum atomic E-state index is 0.295. The second-order valence-corrected chi connectivity index (χ2v) is 8.03. The minimum Gasteiger partial charge on any atom is -0.493 e. The van der Waals surface area contributed by atoms with Crippen molar-refractivity contribution in [3.8, 4) is 11.5 Å². The van der Waals surface area contributed by atoms with Crippen molar-refractivity contribution in [3.63, 3.8) is 0 Å². The van der Waals surface area contributed by atoms with E-state index in [2.05, 4.69) is 57.8 Å². The molecule has 1 aromatic heterocycles. The van der Waals surface area contributed by atoms with Crippen molar-refractivity contribution in [1.82, 2.24) is 4.57 Å². The zero-order valence-electron chi connectivity index (χ0n) is 17.3. The van der Waals surface area contributed by atoms with Crippen LogP contribution in [0.4, 0.5) is 0 Å². The lowest BCUT2D eigenvalue weighted by molar-refractivity contribution is -0.119. The molecule has 0 radical (unpaired) electrons. The van der Waals surface area contributed by atoms with Gasteiger partial charge in [0.2, 0.25) is 0 Å². The number of methoxy groups -OCH3 is 1. The first-order valence-corrected chi connectivity index (χ1v) is 10.9. The molecular formula is C24H28BrNO3. The Labute approximate surface area is 180 Å². The van der Waals surface area contributed by atoms with Gasteiger partial charge in [-0.2, -0.15) is 0 Å². The van der Waals surface area contributed by atoms with Crippen LogP contribution in [0.3, 0.4) is 0 Å². The van der Waals surface area contributed by atoms with Crippen LogP contribution in [0.15, 0.2) is 46.9 Å². The van der Waals surface area contributed by atoms with Gasteiger partial charge in [-0.15, -0.1) is 0 Å². The molecular weight excluding hydrogens is 430 g/mol. The molecule has 0 atom stereocenters. The average Bonchev–Trinajstić information content (AvgIpc) is 3.03. The van der Waals surface area contributed by atoms with Crippen molar-refractivity contribution in [2.24, 2.45) is 0 Å². The number of benzene rings is 2. The van der Waals surface area contributed by atoms with E-state index in [1.807, 2.05) is 19.1 Å². The molecule has 5 heteroatoms. The van der Waals surface area contributed by atoms with Crippen molar-refractivity contribution in [2.75, 3.05) is 13.7 Å². The summed E-state index contributed by atoms with van der Waals surface area (Å²) >= 11 is 3.54. The van der Waals surface area contributed by atoms with E-state index in [4.69, 9.17) is 9.47 Å². The first kappa shape index (κ1) is 21.4. The van der Waals surface area contributed by atoms with Crippen LogP contribution >= 0.6 is 15.9 Å². The molecule has 1 heterocycles. The fourth-order valence-corrected chi connectivity index (χ4v) is 4.29. The molecule has 0 saturated heterocycles. The minimum absolute atomic E-state index is 0.295. The average molecular weight is 458 g/mol. The Bertz CT molecular complexity index is 993. The summed E-state index contributed by atoms with van der Waals surface area (Å²) in [5, 5.41) is 1.26. The lowest BCUT2D eigenvalue weighted by atomic mass is 10.0. The van der Waals surface area contributed by atoms with Crippen molar-refractivity contribution in [3.05, 3.63) is 58.2 Å². The Kier molecular flexibility index (Phi) is 7.37. The smallest absolute Gasteiger partial charge is 0.175 e. The highest BCUT2D eigenvalue weighted by molar-refractivity contribution is 9.10. The number of aryl methyl sites for hydroxylation is 3. The molecule has 0 bridgehead atoms. The summed E-state index contributed by atoms with van der Waals surface area (Å²) < 4.78 is 14.2. The van der Waals surface area contributed by atoms with Crippen LogP contribution in [-0.4, -0.2) is 24.1 Å². The quantitative estimate of drug-likeness (QED) is 0.369. The Morgan fingerprint density at radius 3 is 2.69 bits per heavy atom. The van der Waals surface area contributed by atoms with Gasteiger partial charge in [-0.1, -0.05) is 18.2 Å². The van der Waals surface area contributed by atoms with Crippen LogP contribution in [-0.2, 0) is 17.8 Å². The number of hydrogen-bond donors (Lipinski definition) is 0. The molecule has 3 aromatic rings. The Morgan fingerprint density at radius 1 is 1.14 bits per heavy atom. The lowest BCUT2D eigenvalue weighted by Crippen LogP contribution is -2.05. The molecule has 0 amide bonds. The van der Waals surface area contributed by atoms with E-state index in [1.54, 1.807) is 7.11 Å². The fourth-order valence-electron chi connectivity index (χ4n) is 3.69. The summed E-state index contributed by atoms with van der Waals surface area (Å²) in [4.78, 5) is 12.4. The van der Waals surface area contributed by atoms with Gasteiger partial charge in [0.1, 0.15) is 5.78 Å². The standard InChI is InChI=1S/C24H28BrNO3/c1-4-29-24-21(25)15-18(16-23(24)28-3)11-12-20(27)9-7-13-26-17(2)14-19-8-5-6-10-22(19)26/h5-6,8,10,14-16H,4,7,9,11-13H2,1-3H3. The summed E-state index contributed by atoms with van der Waals surface area (Å²) in [6.45, 7) is 5.51. The highest BCUT2D eigenvalue weighted by atomic mass is 79.9. The molecule has 29 heavy (non-hydrogen) atoms. The number of hydrogen-bond acceptors (Lipinski definition) is 3. The highest BCUT2D eigenvalue weighted by Crippen LogP contribution is 2.37. The van der Waals surface area contributed by atoms with Gasteiger partial charge in [-0.25, -0.2) is 0 Å².